The molecular weight excluding hydrogens is 254 g/mol. The summed E-state index contributed by atoms with van der Waals surface area (Å²) in [5.41, 5.74) is 10.6. The lowest BCUT2D eigenvalue weighted by atomic mass is 10.1. The number of carbonyl (C=O) groups is 1. The Morgan fingerprint density at radius 2 is 2.11 bits per heavy atom. The van der Waals surface area contributed by atoms with Gasteiger partial charge in [0.25, 0.3) is 11.6 Å². The van der Waals surface area contributed by atoms with Gasteiger partial charge < -0.3 is 20.9 Å². The van der Waals surface area contributed by atoms with E-state index in [-0.39, 0.29) is 23.7 Å². The Kier molecular flexibility index (Phi) is 4.65. The highest BCUT2D eigenvalue weighted by Crippen LogP contribution is 2.35. The van der Waals surface area contributed by atoms with E-state index in [1.54, 1.807) is 0 Å². The van der Waals surface area contributed by atoms with Crippen LogP contribution in [-0.2, 0) is 11.3 Å². The maximum Gasteiger partial charge on any atom is 0.277 e. The average molecular weight is 269 g/mol. The van der Waals surface area contributed by atoms with Crippen LogP contribution >= 0.6 is 0 Å². The van der Waals surface area contributed by atoms with Crippen LogP contribution in [0, 0.1) is 10.1 Å². The first-order valence-corrected chi connectivity index (χ1v) is 5.42. The predicted octanol–water partition coefficient (Wildman–Crippen LogP) is 0.315. The van der Waals surface area contributed by atoms with E-state index in [2.05, 4.69) is 0 Å². The number of primary amides is 1. The van der Waals surface area contributed by atoms with Crippen LogP contribution in [0.3, 0.4) is 0 Å². The molecule has 0 aromatic heterocycles. The number of amides is 1. The van der Waals surface area contributed by atoms with Crippen molar-refractivity contribution in [2.75, 3.05) is 7.11 Å². The number of nitrogens with zero attached hydrogens (tertiary/aromatic N) is 1. The maximum atomic E-state index is 10.9. The summed E-state index contributed by atoms with van der Waals surface area (Å²) in [6, 6.07) is 2.57. The SMILES string of the molecule is COc1cc(CN)c([N+](=O)[O-])cc1OC(C)C(N)=O. The van der Waals surface area contributed by atoms with Crippen LogP contribution < -0.4 is 20.9 Å². The third-order valence-electron chi connectivity index (χ3n) is 2.49. The lowest BCUT2D eigenvalue weighted by molar-refractivity contribution is -0.385. The Balaban J connectivity index is 3.25. The Labute approximate surface area is 109 Å². The summed E-state index contributed by atoms with van der Waals surface area (Å²) in [6.45, 7) is 1.42. The smallest absolute Gasteiger partial charge is 0.277 e. The Morgan fingerprint density at radius 3 is 2.53 bits per heavy atom. The van der Waals surface area contributed by atoms with Crippen molar-refractivity contribution in [1.29, 1.82) is 0 Å². The largest absolute Gasteiger partial charge is 0.493 e. The van der Waals surface area contributed by atoms with Crippen molar-refractivity contribution in [3.05, 3.63) is 27.8 Å². The second kappa shape index (κ2) is 6.01. The molecule has 0 spiro atoms. The summed E-state index contributed by atoms with van der Waals surface area (Å²) in [5, 5.41) is 10.9. The van der Waals surface area contributed by atoms with Gasteiger partial charge >= 0.3 is 0 Å². The highest BCUT2D eigenvalue weighted by molar-refractivity contribution is 5.78. The van der Waals surface area contributed by atoms with E-state index in [9.17, 15) is 14.9 Å². The van der Waals surface area contributed by atoms with Gasteiger partial charge in [-0.15, -0.1) is 0 Å². The minimum atomic E-state index is -0.933. The molecule has 1 rings (SSSR count). The van der Waals surface area contributed by atoms with E-state index in [1.807, 2.05) is 0 Å². The van der Waals surface area contributed by atoms with Gasteiger partial charge in [-0.05, 0) is 13.0 Å². The van der Waals surface area contributed by atoms with E-state index in [0.717, 1.165) is 0 Å². The van der Waals surface area contributed by atoms with Crippen molar-refractivity contribution in [3.63, 3.8) is 0 Å². The van der Waals surface area contributed by atoms with Gasteiger partial charge in [-0.3, -0.25) is 14.9 Å². The molecule has 1 aromatic carbocycles. The van der Waals surface area contributed by atoms with Gasteiger partial charge in [0, 0.05) is 12.1 Å². The van der Waals surface area contributed by atoms with Gasteiger partial charge in [0.1, 0.15) is 0 Å². The lowest BCUT2D eigenvalue weighted by Crippen LogP contribution is -2.30. The highest BCUT2D eigenvalue weighted by atomic mass is 16.6. The molecule has 0 heterocycles. The van der Waals surface area contributed by atoms with E-state index < -0.39 is 16.9 Å². The highest BCUT2D eigenvalue weighted by Gasteiger charge is 2.21. The van der Waals surface area contributed by atoms with E-state index >= 15 is 0 Å². The predicted molar refractivity (Wildman–Crippen MR) is 66.8 cm³/mol. The average Bonchev–Trinajstić information content (AvgIpc) is 2.37. The molecule has 1 atom stereocenters. The van der Waals surface area contributed by atoms with Crippen LogP contribution in [0.5, 0.6) is 11.5 Å². The number of carbonyl (C=O) groups excluding carboxylic acids is 1. The number of hydrogen-bond acceptors (Lipinski definition) is 6. The van der Waals surface area contributed by atoms with Crippen LogP contribution in [0.1, 0.15) is 12.5 Å². The molecule has 104 valence electrons. The Hall–Kier alpha value is -2.35. The van der Waals surface area contributed by atoms with E-state index in [4.69, 9.17) is 20.9 Å². The fraction of sp³-hybridized carbons (Fsp3) is 0.364. The number of hydrogen-bond donors (Lipinski definition) is 2. The van der Waals surface area contributed by atoms with E-state index in [1.165, 1.54) is 26.2 Å². The maximum absolute atomic E-state index is 10.9. The second-order valence-electron chi connectivity index (χ2n) is 3.76. The lowest BCUT2D eigenvalue weighted by Gasteiger charge is -2.15. The summed E-state index contributed by atoms with van der Waals surface area (Å²) in [4.78, 5) is 21.3. The number of methoxy groups -OCH3 is 1. The zero-order chi connectivity index (χ0) is 14.6. The summed E-state index contributed by atoms with van der Waals surface area (Å²) in [7, 11) is 1.38. The molecule has 0 bridgehead atoms. The number of nitro benzene ring substituents is 1. The summed E-state index contributed by atoms with van der Waals surface area (Å²) < 4.78 is 10.3. The fourth-order valence-electron chi connectivity index (χ4n) is 1.42. The quantitative estimate of drug-likeness (QED) is 0.564. The minimum absolute atomic E-state index is 0.0155. The van der Waals surface area contributed by atoms with Gasteiger partial charge in [0.2, 0.25) is 0 Å². The van der Waals surface area contributed by atoms with Gasteiger partial charge in [-0.25, -0.2) is 0 Å². The van der Waals surface area contributed by atoms with Crippen LogP contribution in [0.25, 0.3) is 0 Å². The molecule has 0 aliphatic heterocycles. The molecule has 1 amide bonds. The first-order valence-electron chi connectivity index (χ1n) is 5.42. The number of rotatable bonds is 6. The van der Waals surface area contributed by atoms with Crippen LogP contribution in [0.4, 0.5) is 5.69 Å². The first kappa shape index (κ1) is 14.7. The third-order valence-corrected chi connectivity index (χ3v) is 2.49. The van der Waals surface area contributed by atoms with Crippen molar-refractivity contribution >= 4 is 11.6 Å². The molecule has 0 aliphatic carbocycles. The van der Waals surface area contributed by atoms with Gasteiger partial charge in [0.05, 0.1) is 18.1 Å². The molecule has 0 saturated heterocycles. The van der Waals surface area contributed by atoms with Crippen LogP contribution in [0.2, 0.25) is 0 Å². The molecule has 1 aromatic rings. The van der Waals surface area contributed by atoms with Crippen molar-refractivity contribution in [2.45, 2.75) is 19.6 Å². The molecule has 19 heavy (non-hydrogen) atoms. The van der Waals surface area contributed by atoms with Crippen LogP contribution in [-0.4, -0.2) is 24.0 Å². The molecule has 0 aliphatic rings. The Morgan fingerprint density at radius 1 is 1.47 bits per heavy atom. The fourth-order valence-corrected chi connectivity index (χ4v) is 1.42. The standard InChI is InChI=1S/C11H15N3O5/c1-6(11(13)15)19-10-4-8(14(16)17)7(5-12)3-9(10)18-2/h3-4,6H,5,12H2,1-2H3,(H2,13,15). The molecule has 0 saturated carbocycles. The summed E-state index contributed by atoms with van der Waals surface area (Å²) >= 11 is 0. The molecular formula is C11H15N3O5. The number of nitrogens with two attached hydrogens (primary N) is 2. The van der Waals surface area contributed by atoms with Crippen molar-refractivity contribution in [3.8, 4) is 11.5 Å². The van der Waals surface area contributed by atoms with Crippen molar-refractivity contribution < 1.29 is 19.2 Å². The zero-order valence-corrected chi connectivity index (χ0v) is 10.6. The molecule has 0 fully saturated rings. The van der Waals surface area contributed by atoms with Crippen LogP contribution in [0.15, 0.2) is 12.1 Å². The minimum Gasteiger partial charge on any atom is -0.493 e. The summed E-state index contributed by atoms with van der Waals surface area (Å²) in [6.07, 6.45) is -0.933. The third kappa shape index (κ3) is 3.32. The monoisotopic (exact) mass is 269 g/mol. The first-order chi connectivity index (χ1) is 8.90. The normalized spacial score (nSPS) is 11.7. The van der Waals surface area contributed by atoms with Crippen molar-refractivity contribution in [1.82, 2.24) is 0 Å². The number of benzene rings is 1. The van der Waals surface area contributed by atoms with Crippen molar-refractivity contribution in [2.24, 2.45) is 11.5 Å². The topological polar surface area (TPSA) is 131 Å². The Bertz CT molecular complexity index is 503. The van der Waals surface area contributed by atoms with Gasteiger partial charge in [0.15, 0.2) is 17.6 Å². The molecule has 8 heteroatoms. The number of nitro groups is 1. The summed E-state index contributed by atoms with van der Waals surface area (Å²) in [5.74, 6) is -0.371. The number of ether oxygens (including phenoxy) is 2. The van der Waals surface area contributed by atoms with E-state index in [0.29, 0.717) is 5.56 Å². The zero-order valence-electron chi connectivity index (χ0n) is 10.6. The molecule has 8 nitrogen and oxygen atoms in total. The molecule has 0 radical (unpaired) electrons. The molecule has 1 unspecified atom stereocenters. The second-order valence-corrected chi connectivity index (χ2v) is 3.76. The van der Waals surface area contributed by atoms with Gasteiger partial charge in [-0.2, -0.15) is 0 Å². The molecule has 4 N–H and O–H groups in total. The van der Waals surface area contributed by atoms with Gasteiger partial charge in [-0.1, -0.05) is 0 Å².